The van der Waals surface area contributed by atoms with Crippen molar-refractivity contribution in [2.45, 2.75) is 31.6 Å². The summed E-state index contributed by atoms with van der Waals surface area (Å²) < 4.78 is 32.9. The van der Waals surface area contributed by atoms with Crippen LogP contribution in [0, 0.1) is 18.3 Å². The van der Waals surface area contributed by atoms with Crippen LogP contribution in [0.3, 0.4) is 0 Å². The minimum Gasteiger partial charge on any atom is -0.380 e. The van der Waals surface area contributed by atoms with E-state index < -0.39 is 10.0 Å². The van der Waals surface area contributed by atoms with Crippen molar-refractivity contribution in [2.75, 3.05) is 32.8 Å². The van der Waals surface area contributed by atoms with Gasteiger partial charge in [-0.1, -0.05) is 0 Å². The number of nitrogens with zero attached hydrogens (tertiary/aromatic N) is 2. The maximum atomic E-state index is 12.1. The van der Waals surface area contributed by atoms with E-state index in [0.29, 0.717) is 19.1 Å². The van der Waals surface area contributed by atoms with Gasteiger partial charge < -0.3 is 4.74 Å². The molecule has 0 spiro atoms. The molecule has 6 nitrogen and oxygen atoms in total. The van der Waals surface area contributed by atoms with Gasteiger partial charge in [-0.15, -0.1) is 11.3 Å². The van der Waals surface area contributed by atoms with Gasteiger partial charge in [-0.25, -0.2) is 18.1 Å². The van der Waals surface area contributed by atoms with Gasteiger partial charge in [-0.2, -0.15) is 0 Å². The minimum absolute atomic E-state index is 0.0689. The lowest BCUT2D eigenvalue weighted by Gasteiger charge is -2.27. The number of fused-ring (bicyclic) bond motifs is 1. The van der Waals surface area contributed by atoms with E-state index in [4.69, 9.17) is 4.74 Å². The Balaban J connectivity index is 1.43. The molecule has 4 rings (SSSR count). The van der Waals surface area contributed by atoms with Gasteiger partial charge in [0.2, 0.25) is 10.0 Å². The lowest BCUT2D eigenvalue weighted by Crippen LogP contribution is -2.43. The molecule has 0 bridgehead atoms. The third-order valence-electron chi connectivity index (χ3n) is 5.39. The van der Waals surface area contributed by atoms with Crippen LogP contribution in [0.25, 0.3) is 0 Å². The van der Waals surface area contributed by atoms with Crippen molar-refractivity contribution < 1.29 is 13.2 Å². The second kappa shape index (κ2) is 5.77. The predicted molar refractivity (Wildman–Crippen MR) is 88.8 cm³/mol. The van der Waals surface area contributed by atoms with Crippen LogP contribution in [0.4, 0.5) is 0 Å². The zero-order valence-electron chi connectivity index (χ0n) is 13.3. The quantitative estimate of drug-likeness (QED) is 0.822. The Morgan fingerprint density at radius 2 is 2.35 bits per heavy atom. The molecule has 0 radical (unpaired) electrons. The summed E-state index contributed by atoms with van der Waals surface area (Å²) in [6.45, 7) is 6.72. The second-order valence-electron chi connectivity index (χ2n) is 7.17. The van der Waals surface area contributed by atoms with Gasteiger partial charge in [0.25, 0.3) is 0 Å². The molecule has 0 aromatic carbocycles. The number of hydrogen-bond donors (Lipinski definition) is 1. The van der Waals surface area contributed by atoms with E-state index in [0.717, 1.165) is 44.8 Å². The molecule has 3 aliphatic rings. The highest BCUT2D eigenvalue weighted by atomic mass is 32.2. The van der Waals surface area contributed by atoms with Gasteiger partial charge in [-0.3, -0.25) is 4.90 Å². The molecule has 1 aromatic heterocycles. The monoisotopic (exact) mass is 357 g/mol. The smallest absolute Gasteiger partial charge is 0.214 e. The van der Waals surface area contributed by atoms with E-state index in [2.05, 4.69) is 14.6 Å². The normalized spacial score (nSPS) is 31.6. The van der Waals surface area contributed by atoms with Crippen molar-refractivity contribution >= 4 is 21.4 Å². The zero-order valence-corrected chi connectivity index (χ0v) is 15.0. The Kier molecular flexibility index (Phi) is 4.00. The Hall–Kier alpha value is -0.540. The topological polar surface area (TPSA) is 71.5 Å². The van der Waals surface area contributed by atoms with Gasteiger partial charge in [0, 0.05) is 42.4 Å². The molecule has 2 aliphatic heterocycles. The fraction of sp³-hybridized carbons (Fsp3) is 0.800. The molecule has 0 amide bonds. The number of aryl methyl sites for hydroxylation is 1. The minimum atomic E-state index is -3.12. The van der Waals surface area contributed by atoms with Crippen LogP contribution in [-0.4, -0.2) is 56.4 Å². The maximum Gasteiger partial charge on any atom is 0.214 e. The zero-order chi connectivity index (χ0) is 16.1. The van der Waals surface area contributed by atoms with Crippen LogP contribution in [0.15, 0.2) is 5.51 Å². The lowest BCUT2D eigenvalue weighted by atomic mass is 9.81. The summed E-state index contributed by atoms with van der Waals surface area (Å²) >= 11 is 1.70. The average molecular weight is 358 g/mol. The first-order valence-corrected chi connectivity index (χ1v) is 10.6. The fourth-order valence-corrected chi connectivity index (χ4v) is 6.03. The number of nitrogens with one attached hydrogen (secondary N) is 1. The molecule has 2 atom stereocenters. The van der Waals surface area contributed by atoms with Gasteiger partial charge in [0.1, 0.15) is 0 Å². The van der Waals surface area contributed by atoms with Crippen LogP contribution < -0.4 is 4.72 Å². The Labute approximate surface area is 141 Å². The molecule has 1 aliphatic carbocycles. The standard InChI is InChI=1S/C15H23N3O3S2/c1-11-14(22-10-16-11)5-18-4-12-6-21-9-15(12,8-18)7-17-23(19,20)13-2-3-13/h10,12-13,17H,2-9H2,1H3/t12-,15+/m1/s1. The fourth-order valence-electron chi connectivity index (χ4n) is 3.74. The maximum absolute atomic E-state index is 12.1. The number of rotatable bonds is 6. The molecule has 3 fully saturated rings. The lowest BCUT2D eigenvalue weighted by molar-refractivity contribution is 0.128. The third-order valence-corrected chi connectivity index (χ3v) is 8.21. The number of aromatic nitrogens is 1. The summed E-state index contributed by atoms with van der Waals surface area (Å²) in [6.07, 6.45) is 1.61. The highest BCUT2D eigenvalue weighted by Crippen LogP contribution is 2.42. The molecular formula is C15H23N3O3S2. The third kappa shape index (κ3) is 3.07. The summed E-state index contributed by atoms with van der Waals surface area (Å²) in [5, 5.41) is -0.156. The molecule has 1 N–H and O–H groups in total. The summed E-state index contributed by atoms with van der Waals surface area (Å²) in [7, 11) is -3.12. The molecular weight excluding hydrogens is 334 g/mol. The highest BCUT2D eigenvalue weighted by molar-refractivity contribution is 7.90. The average Bonchev–Trinajstić information content (AvgIpc) is 3.08. The summed E-state index contributed by atoms with van der Waals surface area (Å²) in [4.78, 5) is 8.05. The van der Waals surface area contributed by atoms with Gasteiger partial charge in [0.05, 0.1) is 29.7 Å². The van der Waals surface area contributed by atoms with Crippen LogP contribution in [0.5, 0.6) is 0 Å². The molecule has 1 saturated carbocycles. The van der Waals surface area contributed by atoms with Crippen molar-refractivity contribution in [2.24, 2.45) is 11.3 Å². The number of ether oxygens (including phenoxy) is 1. The number of sulfonamides is 1. The number of likely N-dealkylation sites (tertiary alicyclic amines) is 1. The van der Waals surface area contributed by atoms with Gasteiger partial charge in [-0.05, 0) is 19.8 Å². The Morgan fingerprint density at radius 3 is 3.04 bits per heavy atom. The summed E-state index contributed by atoms with van der Waals surface area (Å²) in [5.74, 6) is 0.414. The first-order chi connectivity index (χ1) is 11.0. The Morgan fingerprint density at radius 1 is 1.52 bits per heavy atom. The highest BCUT2D eigenvalue weighted by Gasteiger charge is 2.51. The van der Waals surface area contributed by atoms with E-state index in [1.54, 1.807) is 11.3 Å². The molecule has 23 heavy (non-hydrogen) atoms. The van der Waals surface area contributed by atoms with Crippen LogP contribution in [0.1, 0.15) is 23.4 Å². The van der Waals surface area contributed by atoms with Crippen LogP contribution in [0.2, 0.25) is 0 Å². The van der Waals surface area contributed by atoms with E-state index in [1.165, 1.54) is 4.88 Å². The van der Waals surface area contributed by atoms with E-state index in [9.17, 15) is 8.42 Å². The van der Waals surface area contributed by atoms with Crippen molar-refractivity contribution in [3.05, 3.63) is 16.1 Å². The molecule has 2 saturated heterocycles. The largest absolute Gasteiger partial charge is 0.380 e. The molecule has 8 heteroatoms. The molecule has 0 unspecified atom stereocenters. The molecule has 3 heterocycles. The van der Waals surface area contributed by atoms with Gasteiger partial charge in [0.15, 0.2) is 0 Å². The summed E-state index contributed by atoms with van der Waals surface area (Å²) in [5.41, 5.74) is 2.93. The van der Waals surface area contributed by atoms with Crippen molar-refractivity contribution in [3.8, 4) is 0 Å². The first kappa shape index (κ1) is 16.0. The molecule has 128 valence electrons. The van der Waals surface area contributed by atoms with E-state index in [-0.39, 0.29) is 10.7 Å². The van der Waals surface area contributed by atoms with Crippen LogP contribution in [-0.2, 0) is 21.3 Å². The second-order valence-corrected chi connectivity index (χ2v) is 10.2. The van der Waals surface area contributed by atoms with Gasteiger partial charge >= 0.3 is 0 Å². The number of hydrogen-bond acceptors (Lipinski definition) is 6. The number of thiazole rings is 1. The SMILES string of the molecule is Cc1ncsc1CN1C[C@@H]2COC[C@]2(CNS(=O)(=O)C2CC2)C1. The van der Waals surface area contributed by atoms with Crippen LogP contribution >= 0.6 is 11.3 Å². The van der Waals surface area contributed by atoms with E-state index >= 15 is 0 Å². The first-order valence-electron chi connectivity index (χ1n) is 8.16. The summed E-state index contributed by atoms with van der Waals surface area (Å²) in [6, 6.07) is 0. The predicted octanol–water partition coefficient (Wildman–Crippen LogP) is 0.982. The molecule has 1 aromatic rings. The van der Waals surface area contributed by atoms with Crippen molar-refractivity contribution in [1.29, 1.82) is 0 Å². The van der Waals surface area contributed by atoms with Crippen molar-refractivity contribution in [3.63, 3.8) is 0 Å². The van der Waals surface area contributed by atoms with Crippen molar-refractivity contribution in [1.82, 2.24) is 14.6 Å². The Bertz CT molecular complexity index is 686. The van der Waals surface area contributed by atoms with E-state index in [1.807, 2.05) is 12.4 Å².